The number of nitrogens with zero attached hydrogens (tertiary/aromatic N) is 2. The molecule has 1 aromatic heterocycles. The fourth-order valence-electron chi connectivity index (χ4n) is 1.27. The summed E-state index contributed by atoms with van der Waals surface area (Å²) in [5.74, 6) is 0.715. The lowest BCUT2D eigenvalue weighted by Crippen LogP contribution is -2.10. The molecule has 1 rings (SSSR count). The second-order valence-electron chi connectivity index (χ2n) is 3.16. The molecule has 0 aromatic carbocycles. The molecule has 0 aliphatic rings. The molecule has 0 saturated heterocycles. The van der Waals surface area contributed by atoms with Gasteiger partial charge in [-0.3, -0.25) is 0 Å². The van der Waals surface area contributed by atoms with Crippen LogP contribution in [0.4, 0.5) is 0 Å². The zero-order valence-corrected chi connectivity index (χ0v) is 8.95. The molecular weight excluding hydrogens is 178 g/mol. The Morgan fingerprint density at radius 1 is 1.50 bits per heavy atom. The molecule has 1 heterocycles. The molecule has 0 amide bonds. The van der Waals surface area contributed by atoms with Gasteiger partial charge in [-0.2, -0.15) is 0 Å². The molecule has 1 aromatic rings. The van der Waals surface area contributed by atoms with Gasteiger partial charge < -0.3 is 10.5 Å². The van der Waals surface area contributed by atoms with Crippen molar-refractivity contribution < 1.29 is 4.74 Å². The van der Waals surface area contributed by atoms with Crippen LogP contribution in [-0.4, -0.2) is 16.6 Å². The van der Waals surface area contributed by atoms with Crippen molar-refractivity contribution in [2.24, 2.45) is 5.73 Å². The molecule has 78 valence electrons. The monoisotopic (exact) mass is 195 g/mol. The number of aromatic nitrogens is 2. The SMILES string of the molecule is CCOC(C)c1nc(C)cc(CN)n1. The third-order valence-corrected chi connectivity index (χ3v) is 1.91. The molecule has 1 atom stereocenters. The van der Waals surface area contributed by atoms with E-state index in [9.17, 15) is 0 Å². The summed E-state index contributed by atoms with van der Waals surface area (Å²) in [7, 11) is 0. The maximum Gasteiger partial charge on any atom is 0.157 e. The van der Waals surface area contributed by atoms with Gasteiger partial charge in [0.2, 0.25) is 0 Å². The number of aryl methyl sites for hydroxylation is 1. The van der Waals surface area contributed by atoms with Gasteiger partial charge in [0.25, 0.3) is 0 Å². The predicted molar refractivity (Wildman–Crippen MR) is 54.7 cm³/mol. The van der Waals surface area contributed by atoms with E-state index >= 15 is 0 Å². The van der Waals surface area contributed by atoms with Crippen LogP contribution in [0.1, 0.15) is 37.2 Å². The maximum absolute atomic E-state index is 5.53. The second-order valence-corrected chi connectivity index (χ2v) is 3.16. The van der Waals surface area contributed by atoms with Crippen molar-refractivity contribution in [3.8, 4) is 0 Å². The molecule has 0 aliphatic carbocycles. The highest BCUT2D eigenvalue weighted by Crippen LogP contribution is 2.12. The highest BCUT2D eigenvalue weighted by molar-refractivity contribution is 5.10. The first-order chi connectivity index (χ1) is 6.67. The summed E-state index contributed by atoms with van der Waals surface area (Å²) in [6, 6.07) is 1.89. The number of nitrogens with two attached hydrogens (primary N) is 1. The molecular formula is C10H17N3O. The molecule has 2 N–H and O–H groups in total. The molecule has 0 fully saturated rings. The molecule has 1 unspecified atom stereocenters. The van der Waals surface area contributed by atoms with Gasteiger partial charge in [0.05, 0.1) is 5.69 Å². The third kappa shape index (κ3) is 2.75. The smallest absolute Gasteiger partial charge is 0.157 e. The van der Waals surface area contributed by atoms with Gasteiger partial charge >= 0.3 is 0 Å². The van der Waals surface area contributed by atoms with E-state index in [-0.39, 0.29) is 6.10 Å². The summed E-state index contributed by atoms with van der Waals surface area (Å²) in [4.78, 5) is 8.62. The highest BCUT2D eigenvalue weighted by Gasteiger charge is 2.09. The summed E-state index contributed by atoms with van der Waals surface area (Å²) < 4.78 is 5.42. The molecule has 0 radical (unpaired) electrons. The van der Waals surface area contributed by atoms with Gasteiger partial charge in [0.15, 0.2) is 5.82 Å². The van der Waals surface area contributed by atoms with Crippen LogP contribution < -0.4 is 5.73 Å². The minimum absolute atomic E-state index is 0.0646. The molecule has 0 bridgehead atoms. The summed E-state index contributed by atoms with van der Waals surface area (Å²) in [6.07, 6.45) is -0.0646. The van der Waals surface area contributed by atoms with E-state index in [2.05, 4.69) is 9.97 Å². The minimum atomic E-state index is -0.0646. The lowest BCUT2D eigenvalue weighted by molar-refractivity contribution is 0.0697. The van der Waals surface area contributed by atoms with E-state index in [0.29, 0.717) is 19.0 Å². The van der Waals surface area contributed by atoms with E-state index < -0.39 is 0 Å². The van der Waals surface area contributed by atoms with Crippen LogP contribution in [0, 0.1) is 6.92 Å². The predicted octanol–water partition coefficient (Wildman–Crippen LogP) is 1.34. The maximum atomic E-state index is 5.53. The lowest BCUT2D eigenvalue weighted by Gasteiger charge is -2.11. The lowest BCUT2D eigenvalue weighted by atomic mass is 10.3. The van der Waals surface area contributed by atoms with Gasteiger partial charge in [-0.1, -0.05) is 0 Å². The zero-order chi connectivity index (χ0) is 10.6. The van der Waals surface area contributed by atoms with Crippen LogP contribution in [0.15, 0.2) is 6.07 Å². The average molecular weight is 195 g/mol. The third-order valence-electron chi connectivity index (χ3n) is 1.91. The van der Waals surface area contributed by atoms with Crippen LogP contribution >= 0.6 is 0 Å². The van der Waals surface area contributed by atoms with Crippen LogP contribution in [0.25, 0.3) is 0 Å². The van der Waals surface area contributed by atoms with Crippen LogP contribution in [0.2, 0.25) is 0 Å². The molecule has 0 spiro atoms. The van der Waals surface area contributed by atoms with Crippen molar-refractivity contribution in [2.45, 2.75) is 33.4 Å². The number of ether oxygens (including phenoxy) is 1. The van der Waals surface area contributed by atoms with E-state index in [0.717, 1.165) is 11.4 Å². The van der Waals surface area contributed by atoms with E-state index in [1.165, 1.54) is 0 Å². The highest BCUT2D eigenvalue weighted by atomic mass is 16.5. The number of rotatable bonds is 4. The Hall–Kier alpha value is -1.00. The number of hydrogen-bond acceptors (Lipinski definition) is 4. The van der Waals surface area contributed by atoms with Gasteiger partial charge in [-0.05, 0) is 26.8 Å². The fourth-order valence-corrected chi connectivity index (χ4v) is 1.27. The fraction of sp³-hybridized carbons (Fsp3) is 0.600. The van der Waals surface area contributed by atoms with E-state index in [1.54, 1.807) is 0 Å². The Bertz CT molecular complexity index is 301. The van der Waals surface area contributed by atoms with Gasteiger partial charge in [0.1, 0.15) is 6.10 Å². The Morgan fingerprint density at radius 3 is 2.79 bits per heavy atom. The normalized spacial score (nSPS) is 12.9. The minimum Gasteiger partial charge on any atom is -0.371 e. The summed E-state index contributed by atoms with van der Waals surface area (Å²) in [5.41, 5.74) is 7.32. The molecule has 4 nitrogen and oxygen atoms in total. The van der Waals surface area contributed by atoms with Crippen molar-refractivity contribution >= 4 is 0 Å². The van der Waals surface area contributed by atoms with Crippen molar-refractivity contribution in [1.82, 2.24) is 9.97 Å². The topological polar surface area (TPSA) is 61.0 Å². The number of hydrogen-bond donors (Lipinski definition) is 1. The molecule has 14 heavy (non-hydrogen) atoms. The van der Waals surface area contributed by atoms with Crippen LogP contribution in [0.5, 0.6) is 0 Å². The van der Waals surface area contributed by atoms with Gasteiger partial charge in [-0.15, -0.1) is 0 Å². The standard InChI is InChI=1S/C10H17N3O/c1-4-14-8(3)10-12-7(2)5-9(6-11)13-10/h5,8H,4,6,11H2,1-3H3. The van der Waals surface area contributed by atoms with Gasteiger partial charge in [0, 0.05) is 18.8 Å². The largest absolute Gasteiger partial charge is 0.371 e. The Labute approximate surface area is 84.5 Å². The average Bonchev–Trinajstić information content (AvgIpc) is 2.17. The Balaban J connectivity index is 2.90. The quantitative estimate of drug-likeness (QED) is 0.787. The van der Waals surface area contributed by atoms with E-state index in [1.807, 2.05) is 26.8 Å². The zero-order valence-electron chi connectivity index (χ0n) is 8.95. The van der Waals surface area contributed by atoms with Crippen molar-refractivity contribution in [2.75, 3.05) is 6.61 Å². The molecule has 4 heteroatoms. The van der Waals surface area contributed by atoms with Gasteiger partial charge in [-0.25, -0.2) is 9.97 Å². The molecule has 0 aliphatic heterocycles. The first-order valence-electron chi connectivity index (χ1n) is 4.83. The summed E-state index contributed by atoms with van der Waals surface area (Å²) >= 11 is 0. The second kappa shape index (κ2) is 5.02. The van der Waals surface area contributed by atoms with E-state index in [4.69, 9.17) is 10.5 Å². The van der Waals surface area contributed by atoms with Crippen molar-refractivity contribution in [1.29, 1.82) is 0 Å². The van der Waals surface area contributed by atoms with Crippen LogP contribution in [-0.2, 0) is 11.3 Å². The molecule has 0 saturated carbocycles. The van der Waals surface area contributed by atoms with Crippen LogP contribution in [0.3, 0.4) is 0 Å². The van der Waals surface area contributed by atoms with Crippen molar-refractivity contribution in [3.05, 3.63) is 23.3 Å². The van der Waals surface area contributed by atoms with Crippen molar-refractivity contribution in [3.63, 3.8) is 0 Å². The Kier molecular flexibility index (Phi) is 3.98. The Morgan fingerprint density at radius 2 is 2.21 bits per heavy atom. The summed E-state index contributed by atoms with van der Waals surface area (Å²) in [5, 5.41) is 0. The first kappa shape index (κ1) is 11.1. The summed E-state index contributed by atoms with van der Waals surface area (Å²) in [6.45, 7) is 6.93. The first-order valence-corrected chi connectivity index (χ1v) is 4.83.